The molecule has 4 amide bonds. The number of morpholine rings is 1. The fourth-order valence-electron chi connectivity index (χ4n) is 3.75. The fourth-order valence-corrected chi connectivity index (χ4v) is 4.61. The van der Waals surface area contributed by atoms with Crippen molar-refractivity contribution in [3.05, 3.63) is 64.6 Å². The summed E-state index contributed by atoms with van der Waals surface area (Å²) >= 11 is 0.876. The Kier molecular flexibility index (Phi) is 8.81. The maximum atomic E-state index is 12.7. The molecule has 11 heteroatoms. The molecule has 2 aromatic carbocycles. The van der Waals surface area contributed by atoms with Crippen LogP contribution in [-0.2, 0) is 14.3 Å². The molecule has 0 aromatic heterocycles. The van der Waals surface area contributed by atoms with Crippen molar-refractivity contribution in [2.24, 2.45) is 0 Å². The van der Waals surface area contributed by atoms with Crippen LogP contribution in [0.2, 0.25) is 0 Å². The molecule has 194 valence electrons. The predicted molar refractivity (Wildman–Crippen MR) is 137 cm³/mol. The number of nitrogens with zero attached hydrogens (tertiary/aromatic N) is 2. The summed E-state index contributed by atoms with van der Waals surface area (Å²) in [6.45, 7) is 2.03. The van der Waals surface area contributed by atoms with E-state index in [0.29, 0.717) is 48.3 Å². The number of methoxy groups -OCH3 is 1. The van der Waals surface area contributed by atoms with Gasteiger partial charge in [0.25, 0.3) is 23.0 Å². The van der Waals surface area contributed by atoms with Gasteiger partial charge in [-0.05, 0) is 41.6 Å². The van der Waals surface area contributed by atoms with Gasteiger partial charge < -0.3 is 24.4 Å². The third-order valence-corrected chi connectivity index (χ3v) is 6.64. The molecule has 0 spiro atoms. The van der Waals surface area contributed by atoms with Crippen molar-refractivity contribution in [3.63, 3.8) is 0 Å². The standard InChI is InChI=1S/C26H27N3O7S/c1-34-21-16-19(7-8-20(21)36-17-23(30)28-11-13-35-14-12-28)24(31)27-9-10-29-25(32)22(37-26(29)33)15-18-5-3-2-4-6-18/h2-8,15-16H,9-14,17H2,1H3,(H,27,31)/b22-15-. The monoisotopic (exact) mass is 525 g/mol. The van der Waals surface area contributed by atoms with Gasteiger partial charge in [-0.1, -0.05) is 30.3 Å². The largest absolute Gasteiger partial charge is 0.493 e. The van der Waals surface area contributed by atoms with Gasteiger partial charge in [-0.2, -0.15) is 0 Å². The molecule has 2 aromatic rings. The molecular weight excluding hydrogens is 498 g/mol. The Morgan fingerprint density at radius 2 is 1.84 bits per heavy atom. The summed E-state index contributed by atoms with van der Waals surface area (Å²) in [7, 11) is 1.44. The Balaban J connectivity index is 1.29. The van der Waals surface area contributed by atoms with Gasteiger partial charge in [0.15, 0.2) is 18.1 Å². The summed E-state index contributed by atoms with van der Waals surface area (Å²) in [6, 6.07) is 13.9. The van der Waals surface area contributed by atoms with Crippen LogP contribution in [0, 0.1) is 0 Å². The van der Waals surface area contributed by atoms with Crippen LogP contribution in [0.5, 0.6) is 11.5 Å². The molecular formula is C26H27N3O7S. The number of benzene rings is 2. The molecule has 37 heavy (non-hydrogen) atoms. The Bertz CT molecular complexity index is 1200. The van der Waals surface area contributed by atoms with Crippen molar-refractivity contribution in [2.45, 2.75) is 0 Å². The molecule has 0 radical (unpaired) electrons. The van der Waals surface area contributed by atoms with Gasteiger partial charge in [0.2, 0.25) is 0 Å². The minimum Gasteiger partial charge on any atom is -0.493 e. The molecule has 1 N–H and O–H groups in total. The van der Waals surface area contributed by atoms with E-state index in [1.807, 2.05) is 30.3 Å². The number of imide groups is 1. The lowest BCUT2D eigenvalue weighted by Gasteiger charge is -2.26. The van der Waals surface area contributed by atoms with Crippen molar-refractivity contribution in [1.82, 2.24) is 15.1 Å². The van der Waals surface area contributed by atoms with E-state index in [-0.39, 0.29) is 36.7 Å². The van der Waals surface area contributed by atoms with Gasteiger partial charge in [-0.3, -0.25) is 24.1 Å². The number of hydrogen-bond acceptors (Lipinski definition) is 8. The van der Waals surface area contributed by atoms with Crippen LogP contribution in [0.1, 0.15) is 15.9 Å². The highest BCUT2D eigenvalue weighted by atomic mass is 32.2. The lowest BCUT2D eigenvalue weighted by molar-refractivity contribution is -0.137. The third kappa shape index (κ3) is 6.69. The van der Waals surface area contributed by atoms with Crippen LogP contribution in [-0.4, -0.2) is 85.9 Å². The highest BCUT2D eigenvalue weighted by molar-refractivity contribution is 8.18. The second kappa shape index (κ2) is 12.4. The Labute approximate surface area is 218 Å². The van der Waals surface area contributed by atoms with E-state index < -0.39 is 5.91 Å². The van der Waals surface area contributed by atoms with Gasteiger partial charge in [-0.15, -0.1) is 0 Å². The predicted octanol–water partition coefficient (Wildman–Crippen LogP) is 2.40. The smallest absolute Gasteiger partial charge is 0.293 e. The van der Waals surface area contributed by atoms with E-state index in [2.05, 4.69) is 5.32 Å². The number of rotatable bonds is 9. The minimum atomic E-state index is -0.402. The minimum absolute atomic E-state index is 0.0461. The van der Waals surface area contributed by atoms with Gasteiger partial charge >= 0.3 is 0 Å². The Morgan fingerprint density at radius 3 is 2.57 bits per heavy atom. The zero-order valence-electron chi connectivity index (χ0n) is 20.3. The van der Waals surface area contributed by atoms with Crippen molar-refractivity contribution >= 4 is 40.8 Å². The summed E-state index contributed by atoms with van der Waals surface area (Å²) in [6.07, 6.45) is 1.67. The topological polar surface area (TPSA) is 114 Å². The van der Waals surface area contributed by atoms with Gasteiger partial charge in [0.1, 0.15) is 0 Å². The zero-order valence-corrected chi connectivity index (χ0v) is 21.1. The first-order valence-electron chi connectivity index (χ1n) is 11.7. The second-order valence-electron chi connectivity index (χ2n) is 8.15. The first-order chi connectivity index (χ1) is 18.0. The van der Waals surface area contributed by atoms with E-state index in [1.54, 1.807) is 23.1 Å². The molecule has 2 aliphatic rings. The second-order valence-corrected chi connectivity index (χ2v) is 9.14. The number of thioether (sulfide) groups is 1. The van der Waals surface area contributed by atoms with E-state index >= 15 is 0 Å². The van der Waals surface area contributed by atoms with Gasteiger partial charge in [0.05, 0.1) is 25.2 Å². The third-order valence-electron chi connectivity index (χ3n) is 5.73. The van der Waals surface area contributed by atoms with Crippen molar-refractivity contribution in [2.75, 3.05) is 53.1 Å². The molecule has 0 saturated carbocycles. The van der Waals surface area contributed by atoms with Gasteiger partial charge in [-0.25, -0.2) is 0 Å². The van der Waals surface area contributed by atoms with Crippen LogP contribution in [0.4, 0.5) is 4.79 Å². The summed E-state index contributed by atoms with van der Waals surface area (Å²) in [5.74, 6) is -0.301. The molecule has 0 atom stereocenters. The maximum Gasteiger partial charge on any atom is 0.293 e. The highest BCUT2D eigenvalue weighted by Gasteiger charge is 2.34. The van der Waals surface area contributed by atoms with E-state index in [4.69, 9.17) is 14.2 Å². The molecule has 0 bridgehead atoms. The van der Waals surface area contributed by atoms with Gasteiger partial charge in [0, 0.05) is 31.7 Å². The highest BCUT2D eigenvalue weighted by Crippen LogP contribution is 2.32. The summed E-state index contributed by atoms with van der Waals surface area (Å²) in [5, 5.41) is 2.33. The normalized spacial score (nSPS) is 16.7. The van der Waals surface area contributed by atoms with Crippen molar-refractivity contribution in [3.8, 4) is 11.5 Å². The molecule has 0 unspecified atom stereocenters. The number of carbonyl (C=O) groups is 4. The first-order valence-corrected chi connectivity index (χ1v) is 12.5. The molecule has 2 aliphatic heterocycles. The number of hydrogen-bond donors (Lipinski definition) is 1. The number of amides is 4. The fraction of sp³-hybridized carbons (Fsp3) is 0.308. The van der Waals surface area contributed by atoms with Crippen LogP contribution in [0.25, 0.3) is 6.08 Å². The van der Waals surface area contributed by atoms with E-state index in [1.165, 1.54) is 13.2 Å². The number of nitrogens with one attached hydrogen (secondary N) is 1. The van der Waals surface area contributed by atoms with Crippen LogP contribution >= 0.6 is 11.8 Å². The average Bonchev–Trinajstić information content (AvgIpc) is 3.19. The lowest BCUT2D eigenvalue weighted by atomic mass is 10.2. The average molecular weight is 526 g/mol. The maximum absolute atomic E-state index is 12.7. The Hall–Kier alpha value is -3.83. The van der Waals surface area contributed by atoms with E-state index in [9.17, 15) is 19.2 Å². The summed E-state index contributed by atoms with van der Waals surface area (Å²) in [4.78, 5) is 53.0. The van der Waals surface area contributed by atoms with Crippen LogP contribution < -0.4 is 14.8 Å². The molecule has 2 saturated heterocycles. The van der Waals surface area contributed by atoms with E-state index in [0.717, 1.165) is 22.2 Å². The van der Waals surface area contributed by atoms with Crippen LogP contribution in [0.15, 0.2) is 53.4 Å². The summed E-state index contributed by atoms with van der Waals surface area (Å²) in [5.41, 5.74) is 1.13. The molecule has 2 heterocycles. The summed E-state index contributed by atoms with van der Waals surface area (Å²) < 4.78 is 16.2. The van der Waals surface area contributed by atoms with Crippen molar-refractivity contribution in [1.29, 1.82) is 0 Å². The zero-order chi connectivity index (χ0) is 26.2. The number of carbonyl (C=O) groups excluding carboxylic acids is 4. The molecule has 4 rings (SSSR count). The number of ether oxygens (including phenoxy) is 3. The van der Waals surface area contributed by atoms with Crippen molar-refractivity contribution < 1.29 is 33.4 Å². The quantitative estimate of drug-likeness (QED) is 0.497. The Morgan fingerprint density at radius 1 is 1.08 bits per heavy atom. The molecule has 2 fully saturated rings. The van der Waals surface area contributed by atoms with Crippen LogP contribution in [0.3, 0.4) is 0 Å². The lowest BCUT2D eigenvalue weighted by Crippen LogP contribution is -2.43. The molecule has 10 nitrogen and oxygen atoms in total. The molecule has 0 aliphatic carbocycles. The SMILES string of the molecule is COc1cc(C(=O)NCCN2C(=O)S/C(=C\c3ccccc3)C2=O)ccc1OCC(=O)N1CCOCC1. The first kappa shape index (κ1) is 26.2.